The predicted octanol–water partition coefficient (Wildman–Crippen LogP) is 3.02. The van der Waals surface area contributed by atoms with E-state index in [9.17, 15) is 0 Å². The molecule has 0 aromatic heterocycles. The maximum absolute atomic E-state index is 2.30. The largest absolute Gasteiger partial charge is 0.154 e. The highest BCUT2D eigenvalue weighted by atomic mass is 32.2. The summed E-state index contributed by atoms with van der Waals surface area (Å²) in [5.41, 5.74) is 0. The Morgan fingerprint density at radius 3 is 2.00 bits per heavy atom. The van der Waals surface area contributed by atoms with E-state index in [0.717, 1.165) is 0 Å². The fourth-order valence-corrected chi connectivity index (χ4v) is 1.61. The highest BCUT2D eigenvalue weighted by Gasteiger charge is 1.85. The van der Waals surface area contributed by atoms with Crippen LogP contribution in [0, 0.1) is 0 Å². The molecule has 0 spiro atoms. The van der Waals surface area contributed by atoms with Crippen LogP contribution in [0.25, 0.3) is 0 Å². The fraction of sp³-hybridized carbons (Fsp3) is 0.556. The molecule has 1 aliphatic rings. The summed E-state index contributed by atoms with van der Waals surface area (Å²) < 4.78 is 0. The number of rotatable bonds is 0. The number of hydrogen-bond donors (Lipinski definition) is 0. The van der Waals surface area contributed by atoms with E-state index in [1.807, 2.05) is 11.8 Å². The van der Waals surface area contributed by atoms with E-state index in [2.05, 4.69) is 24.3 Å². The number of allylic oxidation sites excluding steroid dienone is 2. The average Bonchev–Trinajstić information content (AvgIpc) is 2.01. The van der Waals surface area contributed by atoms with Crippen molar-refractivity contribution in [3.63, 3.8) is 0 Å². The van der Waals surface area contributed by atoms with Gasteiger partial charge in [0.2, 0.25) is 0 Å². The van der Waals surface area contributed by atoms with E-state index >= 15 is 0 Å². The van der Waals surface area contributed by atoms with Crippen LogP contribution in [-0.2, 0) is 0 Å². The standard InChI is InChI=1S/C9H14S/c1-2-4-6-8-10-9-7-5-3-1/h4-7H,1-3,8-9H2/b6-4-,7-5-. The maximum Gasteiger partial charge on any atom is 0.0116 e. The Hall–Kier alpha value is -0.170. The second-order valence-electron chi connectivity index (χ2n) is 2.41. The molecule has 0 saturated heterocycles. The molecule has 0 bridgehead atoms. The Kier molecular flexibility index (Phi) is 4.44. The Labute approximate surface area is 67.4 Å². The van der Waals surface area contributed by atoms with Gasteiger partial charge in [-0.05, 0) is 19.3 Å². The molecule has 56 valence electrons. The number of hydrogen-bond acceptors (Lipinski definition) is 1. The molecule has 10 heavy (non-hydrogen) atoms. The molecule has 0 aromatic rings. The van der Waals surface area contributed by atoms with Crippen molar-refractivity contribution < 1.29 is 0 Å². The van der Waals surface area contributed by atoms with Gasteiger partial charge in [-0.1, -0.05) is 24.3 Å². The van der Waals surface area contributed by atoms with Crippen LogP contribution in [-0.4, -0.2) is 11.5 Å². The molecule has 1 heterocycles. The van der Waals surface area contributed by atoms with Gasteiger partial charge in [0.05, 0.1) is 0 Å². The molecular formula is C9H14S. The van der Waals surface area contributed by atoms with Gasteiger partial charge in [-0.2, -0.15) is 11.8 Å². The second-order valence-corrected chi connectivity index (χ2v) is 3.49. The summed E-state index contributed by atoms with van der Waals surface area (Å²) in [6.45, 7) is 0. The van der Waals surface area contributed by atoms with Gasteiger partial charge < -0.3 is 0 Å². The number of thioether (sulfide) groups is 1. The lowest BCUT2D eigenvalue weighted by atomic mass is 10.2. The molecule has 0 saturated carbocycles. The van der Waals surface area contributed by atoms with Crippen LogP contribution in [0.4, 0.5) is 0 Å². The van der Waals surface area contributed by atoms with Crippen LogP contribution in [0.2, 0.25) is 0 Å². The minimum absolute atomic E-state index is 1.18. The lowest BCUT2D eigenvalue weighted by Gasteiger charge is -1.95. The zero-order valence-corrected chi connectivity index (χ0v) is 7.07. The summed E-state index contributed by atoms with van der Waals surface area (Å²) in [6.07, 6.45) is 13.0. The Morgan fingerprint density at radius 1 is 0.800 bits per heavy atom. The van der Waals surface area contributed by atoms with Crippen molar-refractivity contribution in [2.75, 3.05) is 11.5 Å². The lowest BCUT2D eigenvalue weighted by molar-refractivity contribution is 0.866. The normalized spacial score (nSPS) is 27.2. The van der Waals surface area contributed by atoms with E-state index in [-0.39, 0.29) is 0 Å². The van der Waals surface area contributed by atoms with Gasteiger partial charge in [0.15, 0.2) is 0 Å². The van der Waals surface area contributed by atoms with Crippen molar-refractivity contribution in [2.24, 2.45) is 0 Å². The van der Waals surface area contributed by atoms with Crippen molar-refractivity contribution in [1.29, 1.82) is 0 Å². The molecule has 0 aliphatic carbocycles. The molecule has 0 unspecified atom stereocenters. The second kappa shape index (κ2) is 5.60. The van der Waals surface area contributed by atoms with E-state index in [1.54, 1.807) is 0 Å². The third-order valence-corrected chi connectivity index (χ3v) is 2.36. The molecule has 0 amide bonds. The minimum Gasteiger partial charge on any atom is -0.154 e. The van der Waals surface area contributed by atoms with E-state index < -0.39 is 0 Å². The van der Waals surface area contributed by atoms with Gasteiger partial charge >= 0.3 is 0 Å². The van der Waals surface area contributed by atoms with Gasteiger partial charge in [0.25, 0.3) is 0 Å². The van der Waals surface area contributed by atoms with Crippen molar-refractivity contribution in [2.45, 2.75) is 19.3 Å². The molecule has 0 radical (unpaired) electrons. The first-order valence-corrected chi connectivity index (χ1v) is 5.03. The molecular weight excluding hydrogens is 140 g/mol. The minimum atomic E-state index is 1.18. The van der Waals surface area contributed by atoms with E-state index in [1.165, 1.54) is 30.8 Å². The molecule has 0 N–H and O–H groups in total. The Balaban J connectivity index is 2.22. The zero-order valence-electron chi connectivity index (χ0n) is 6.25. The Bertz CT molecular complexity index is 96.7. The van der Waals surface area contributed by atoms with Gasteiger partial charge in [-0.3, -0.25) is 0 Å². The van der Waals surface area contributed by atoms with Crippen LogP contribution in [0.5, 0.6) is 0 Å². The predicted molar refractivity (Wildman–Crippen MR) is 49.5 cm³/mol. The van der Waals surface area contributed by atoms with Crippen molar-refractivity contribution >= 4 is 11.8 Å². The summed E-state index contributed by atoms with van der Waals surface area (Å²) in [6, 6.07) is 0. The molecule has 0 aromatic carbocycles. The van der Waals surface area contributed by atoms with Gasteiger partial charge in [-0.25, -0.2) is 0 Å². The summed E-state index contributed by atoms with van der Waals surface area (Å²) in [5.74, 6) is 2.37. The third-order valence-electron chi connectivity index (χ3n) is 1.50. The first-order valence-electron chi connectivity index (χ1n) is 3.88. The lowest BCUT2D eigenvalue weighted by Crippen LogP contribution is -1.78. The van der Waals surface area contributed by atoms with Gasteiger partial charge in [0.1, 0.15) is 0 Å². The molecule has 0 nitrogen and oxygen atoms in total. The smallest absolute Gasteiger partial charge is 0.0116 e. The molecule has 0 fully saturated rings. The van der Waals surface area contributed by atoms with Crippen molar-refractivity contribution in [1.82, 2.24) is 0 Å². The van der Waals surface area contributed by atoms with Crippen LogP contribution in [0.3, 0.4) is 0 Å². The van der Waals surface area contributed by atoms with Crippen molar-refractivity contribution in [3.8, 4) is 0 Å². The molecule has 0 atom stereocenters. The summed E-state index contributed by atoms with van der Waals surface area (Å²) >= 11 is 1.98. The molecule has 1 aliphatic heterocycles. The molecule has 1 heteroatoms. The molecule has 1 rings (SSSR count). The highest BCUT2D eigenvalue weighted by molar-refractivity contribution is 7.99. The average molecular weight is 154 g/mol. The summed E-state index contributed by atoms with van der Waals surface area (Å²) in [7, 11) is 0. The monoisotopic (exact) mass is 154 g/mol. The summed E-state index contributed by atoms with van der Waals surface area (Å²) in [5, 5.41) is 0. The van der Waals surface area contributed by atoms with Crippen LogP contribution in [0.15, 0.2) is 24.3 Å². The highest BCUT2D eigenvalue weighted by Crippen LogP contribution is 2.06. The third kappa shape index (κ3) is 3.78. The maximum atomic E-state index is 2.30. The van der Waals surface area contributed by atoms with E-state index in [4.69, 9.17) is 0 Å². The van der Waals surface area contributed by atoms with Crippen molar-refractivity contribution in [3.05, 3.63) is 24.3 Å². The Morgan fingerprint density at radius 2 is 1.40 bits per heavy atom. The van der Waals surface area contributed by atoms with Crippen LogP contribution in [0.1, 0.15) is 19.3 Å². The van der Waals surface area contributed by atoms with Crippen LogP contribution < -0.4 is 0 Å². The van der Waals surface area contributed by atoms with Gasteiger partial charge in [0, 0.05) is 11.5 Å². The quantitative estimate of drug-likeness (QED) is 0.483. The van der Waals surface area contributed by atoms with Gasteiger partial charge in [-0.15, -0.1) is 0 Å². The fourth-order valence-electron chi connectivity index (χ4n) is 0.929. The zero-order chi connectivity index (χ0) is 7.07. The summed E-state index contributed by atoms with van der Waals surface area (Å²) in [4.78, 5) is 0. The van der Waals surface area contributed by atoms with Crippen LogP contribution >= 0.6 is 11.8 Å². The van der Waals surface area contributed by atoms with E-state index in [0.29, 0.717) is 0 Å². The first-order chi connectivity index (χ1) is 5.00. The topological polar surface area (TPSA) is 0 Å². The SMILES string of the molecule is C1=C\CSC/C=C\CCC/1. The first kappa shape index (κ1) is 7.93.